The van der Waals surface area contributed by atoms with Crippen LogP contribution in [-0.4, -0.2) is 14.2 Å². The minimum atomic E-state index is 0.186. The third-order valence-corrected chi connectivity index (χ3v) is 3.71. The van der Waals surface area contributed by atoms with Crippen molar-refractivity contribution in [3.05, 3.63) is 53.6 Å². The average Bonchev–Trinajstić information content (AvgIpc) is 2.52. The lowest BCUT2D eigenvalue weighted by atomic mass is 9.87. The van der Waals surface area contributed by atoms with E-state index in [1.54, 1.807) is 14.2 Å². The molecule has 0 atom stereocenters. The molecule has 0 heterocycles. The number of methoxy groups -OCH3 is 2. The third-order valence-electron chi connectivity index (χ3n) is 3.71. The first kappa shape index (κ1) is 16.2. The molecular weight excluding hydrogens is 274 g/mol. The summed E-state index contributed by atoms with van der Waals surface area (Å²) in [5.74, 6) is 1.57. The molecule has 0 aromatic heterocycles. The first-order chi connectivity index (χ1) is 10.4. The van der Waals surface area contributed by atoms with Gasteiger partial charge in [0, 0.05) is 12.6 Å². The second-order valence-electron chi connectivity index (χ2n) is 6.37. The highest BCUT2D eigenvalue weighted by atomic mass is 16.5. The van der Waals surface area contributed by atoms with E-state index in [0.717, 1.165) is 23.7 Å². The summed E-state index contributed by atoms with van der Waals surface area (Å²) in [5.41, 5.74) is 3.73. The topological polar surface area (TPSA) is 30.5 Å². The van der Waals surface area contributed by atoms with Crippen molar-refractivity contribution in [2.45, 2.75) is 32.7 Å². The fraction of sp³-hybridized carbons (Fsp3) is 0.368. The first-order valence-corrected chi connectivity index (χ1v) is 7.49. The predicted octanol–water partition coefficient (Wildman–Crippen LogP) is 4.61. The van der Waals surface area contributed by atoms with Crippen LogP contribution in [0.4, 0.5) is 5.69 Å². The summed E-state index contributed by atoms with van der Waals surface area (Å²) in [5, 5.41) is 3.41. The monoisotopic (exact) mass is 299 g/mol. The van der Waals surface area contributed by atoms with E-state index < -0.39 is 0 Å². The summed E-state index contributed by atoms with van der Waals surface area (Å²) in [6, 6.07) is 14.5. The predicted molar refractivity (Wildman–Crippen MR) is 92.0 cm³/mol. The molecule has 3 heteroatoms. The highest BCUT2D eigenvalue weighted by molar-refractivity contribution is 5.59. The summed E-state index contributed by atoms with van der Waals surface area (Å²) in [4.78, 5) is 0. The molecule has 0 aliphatic carbocycles. The van der Waals surface area contributed by atoms with Gasteiger partial charge in [-0.1, -0.05) is 45.0 Å². The summed E-state index contributed by atoms with van der Waals surface area (Å²) in [6.07, 6.45) is 0. The molecule has 118 valence electrons. The van der Waals surface area contributed by atoms with E-state index in [1.807, 2.05) is 18.2 Å². The van der Waals surface area contributed by atoms with Gasteiger partial charge in [-0.3, -0.25) is 0 Å². The van der Waals surface area contributed by atoms with Crippen LogP contribution in [-0.2, 0) is 12.0 Å². The molecule has 2 aromatic carbocycles. The summed E-state index contributed by atoms with van der Waals surface area (Å²) in [6.45, 7) is 7.43. The van der Waals surface area contributed by atoms with E-state index in [9.17, 15) is 0 Å². The molecule has 0 aliphatic rings. The lowest BCUT2D eigenvalue weighted by Crippen LogP contribution is -2.11. The van der Waals surface area contributed by atoms with Crippen LogP contribution in [0, 0.1) is 0 Å². The number of rotatable bonds is 5. The van der Waals surface area contributed by atoms with Gasteiger partial charge in [-0.25, -0.2) is 0 Å². The van der Waals surface area contributed by atoms with Gasteiger partial charge in [0.15, 0.2) is 0 Å². The van der Waals surface area contributed by atoms with Gasteiger partial charge in [-0.2, -0.15) is 0 Å². The second-order valence-corrected chi connectivity index (χ2v) is 6.37. The number of ether oxygens (including phenoxy) is 2. The van der Waals surface area contributed by atoms with Crippen molar-refractivity contribution in [2.75, 3.05) is 19.5 Å². The maximum atomic E-state index is 5.40. The molecule has 3 nitrogen and oxygen atoms in total. The molecule has 0 spiro atoms. The number of nitrogens with one attached hydrogen (secondary N) is 1. The van der Waals surface area contributed by atoms with E-state index in [1.165, 1.54) is 11.1 Å². The number of hydrogen-bond donors (Lipinski definition) is 1. The minimum absolute atomic E-state index is 0.186. The maximum absolute atomic E-state index is 5.40. The van der Waals surface area contributed by atoms with Gasteiger partial charge < -0.3 is 14.8 Å². The Morgan fingerprint density at radius 1 is 0.909 bits per heavy atom. The summed E-state index contributed by atoms with van der Waals surface area (Å²) >= 11 is 0. The van der Waals surface area contributed by atoms with E-state index in [0.29, 0.717) is 0 Å². The van der Waals surface area contributed by atoms with Crippen molar-refractivity contribution in [1.29, 1.82) is 0 Å². The van der Waals surface area contributed by atoms with Crippen molar-refractivity contribution in [3.63, 3.8) is 0 Å². The maximum Gasteiger partial charge on any atom is 0.145 e. The van der Waals surface area contributed by atoms with Crippen LogP contribution < -0.4 is 14.8 Å². The van der Waals surface area contributed by atoms with E-state index in [2.05, 4.69) is 50.4 Å². The Morgan fingerprint density at radius 3 is 2.14 bits per heavy atom. The van der Waals surface area contributed by atoms with Crippen LogP contribution in [0.3, 0.4) is 0 Å². The molecule has 0 bridgehead atoms. The lowest BCUT2D eigenvalue weighted by Gasteiger charge is -2.19. The van der Waals surface area contributed by atoms with Gasteiger partial charge in [0.25, 0.3) is 0 Å². The molecule has 1 N–H and O–H groups in total. The molecule has 0 saturated carbocycles. The van der Waals surface area contributed by atoms with Gasteiger partial charge >= 0.3 is 0 Å². The molecule has 2 aromatic rings. The highest BCUT2D eigenvalue weighted by Gasteiger charge is 2.12. The van der Waals surface area contributed by atoms with E-state index in [4.69, 9.17) is 9.47 Å². The van der Waals surface area contributed by atoms with E-state index >= 15 is 0 Å². The molecule has 0 aliphatic heterocycles. The summed E-state index contributed by atoms with van der Waals surface area (Å²) in [7, 11) is 3.32. The molecule has 0 amide bonds. The molecule has 0 fully saturated rings. The van der Waals surface area contributed by atoms with Gasteiger partial charge in [0.2, 0.25) is 0 Å². The number of hydrogen-bond acceptors (Lipinski definition) is 3. The first-order valence-electron chi connectivity index (χ1n) is 7.49. The molecule has 0 radical (unpaired) electrons. The van der Waals surface area contributed by atoms with Gasteiger partial charge in [0.1, 0.15) is 11.5 Å². The Kier molecular flexibility index (Phi) is 4.96. The molecule has 2 rings (SSSR count). The zero-order valence-corrected chi connectivity index (χ0v) is 14.1. The van der Waals surface area contributed by atoms with E-state index in [-0.39, 0.29) is 5.41 Å². The fourth-order valence-electron chi connectivity index (χ4n) is 2.26. The van der Waals surface area contributed by atoms with Crippen molar-refractivity contribution in [1.82, 2.24) is 0 Å². The second kappa shape index (κ2) is 6.73. The van der Waals surface area contributed by atoms with Crippen molar-refractivity contribution in [3.8, 4) is 11.5 Å². The van der Waals surface area contributed by atoms with Crippen LogP contribution >= 0.6 is 0 Å². The Balaban J connectivity index is 2.07. The number of benzene rings is 2. The van der Waals surface area contributed by atoms with Gasteiger partial charge in [0.05, 0.1) is 19.9 Å². The normalized spacial score (nSPS) is 11.1. The minimum Gasteiger partial charge on any atom is -0.497 e. The van der Waals surface area contributed by atoms with Crippen molar-refractivity contribution < 1.29 is 9.47 Å². The van der Waals surface area contributed by atoms with Crippen LogP contribution in [0.1, 0.15) is 31.9 Å². The summed E-state index contributed by atoms with van der Waals surface area (Å²) < 4.78 is 10.6. The van der Waals surface area contributed by atoms with Crippen LogP contribution in [0.2, 0.25) is 0 Å². The van der Waals surface area contributed by atoms with Gasteiger partial charge in [-0.15, -0.1) is 0 Å². The van der Waals surface area contributed by atoms with Crippen LogP contribution in [0.5, 0.6) is 11.5 Å². The smallest absolute Gasteiger partial charge is 0.145 e. The Hall–Kier alpha value is -2.16. The molecule has 0 unspecified atom stereocenters. The Labute approximate surface area is 133 Å². The van der Waals surface area contributed by atoms with Crippen LogP contribution in [0.25, 0.3) is 0 Å². The van der Waals surface area contributed by atoms with Crippen molar-refractivity contribution in [2.24, 2.45) is 0 Å². The third kappa shape index (κ3) is 3.94. The Morgan fingerprint density at radius 2 is 1.59 bits per heavy atom. The zero-order valence-electron chi connectivity index (χ0n) is 14.1. The highest BCUT2D eigenvalue weighted by Crippen LogP contribution is 2.29. The van der Waals surface area contributed by atoms with Gasteiger partial charge in [-0.05, 0) is 28.7 Å². The largest absolute Gasteiger partial charge is 0.497 e. The van der Waals surface area contributed by atoms with Crippen LogP contribution in [0.15, 0.2) is 42.5 Å². The molecule has 0 saturated heterocycles. The lowest BCUT2D eigenvalue weighted by molar-refractivity contribution is 0.395. The Bertz CT molecular complexity index is 612. The quantitative estimate of drug-likeness (QED) is 0.874. The number of anilines is 1. The fourth-order valence-corrected chi connectivity index (χ4v) is 2.26. The van der Waals surface area contributed by atoms with Crippen molar-refractivity contribution >= 4 is 5.69 Å². The SMILES string of the molecule is COc1ccc(NCc2ccc(C(C)(C)C)cc2)c(OC)c1. The average molecular weight is 299 g/mol. The standard InChI is InChI=1S/C19H25NO2/c1-19(2,3)15-8-6-14(7-9-15)13-20-17-11-10-16(21-4)12-18(17)22-5/h6-12,20H,13H2,1-5H3. The molecule has 22 heavy (non-hydrogen) atoms. The molecular formula is C19H25NO2. The zero-order chi connectivity index (χ0) is 16.2.